The number of halogens is 1. The van der Waals surface area contributed by atoms with E-state index >= 15 is 0 Å². The number of ether oxygens (including phenoxy) is 1. The second-order valence-corrected chi connectivity index (χ2v) is 15.4. The number of amides is 3. The number of carbonyl (C=O) groups excluding carboxylic acids is 3. The van der Waals surface area contributed by atoms with Crippen LogP contribution in [0.1, 0.15) is 50.6 Å². The van der Waals surface area contributed by atoms with Gasteiger partial charge in [0.2, 0.25) is 17.8 Å². The van der Waals surface area contributed by atoms with E-state index in [0.29, 0.717) is 64.0 Å². The van der Waals surface area contributed by atoms with Crippen LogP contribution in [0.4, 0.5) is 23.1 Å². The van der Waals surface area contributed by atoms with E-state index in [1.54, 1.807) is 25.5 Å². The Morgan fingerprint density at radius 2 is 1.89 bits per heavy atom. The first-order chi connectivity index (χ1) is 26.4. The SMILES string of the molecule is CNC(=O)COc1cc2cc(Nc3nc(N4CC5(CC[C@H](Nc6ccc7c([C@H]8CCC(=O)NC8=O)nn(C)c7c6)[C@H](C)C5)C4)ncc3Cl)cnc2n(C)c1=O. The van der Waals surface area contributed by atoms with Crippen molar-refractivity contribution in [1.82, 2.24) is 39.9 Å². The summed E-state index contributed by atoms with van der Waals surface area (Å²) in [5.41, 5.74) is 3.51. The molecule has 3 amide bonds. The number of pyridine rings is 2. The van der Waals surface area contributed by atoms with E-state index in [1.165, 1.54) is 11.6 Å². The van der Waals surface area contributed by atoms with Crippen LogP contribution in [0.5, 0.6) is 5.75 Å². The second-order valence-electron chi connectivity index (χ2n) is 15.0. The maximum Gasteiger partial charge on any atom is 0.294 e. The first-order valence-electron chi connectivity index (χ1n) is 18.3. The quantitative estimate of drug-likeness (QED) is 0.159. The second kappa shape index (κ2) is 14.1. The maximum absolute atomic E-state index is 12.8. The van der Waals surface area contributed by atoms with Gasteiger partial charge in [-0.1, -0.05) is 18.5 Å². The number of fused-ring (bicyclic) bond motifs is 2. The summed E-state index contributed by atoms with van der Waals surface area (Å²) >= 11 is 6.55. The lowest BCUT2D eigenvalue weighted by atomic mass is 9.64. The maximum atomic E-state index is 12.8. The third-order valence-corrected chi connectivity index (χ3v) is 11.5. The molecule has 1 spiro atoms. The molecule has 16 nitrogen and oxygen atoms in total. The van der Waals surface area contributed by atoms with E-state index in [1.807, 2.05) is 23.9 Å². The Labute approximate surface area is 321 Å². The predicted molar refractivity (Wildman–Crippen MR) is 208 cm³/mol. The zero-order valence-corrected chi connectivity index (χ0v) is 31.7. The number of rotatable bonds is 9. The van der Waals surface area contributed by atoms with Gasteiger partial charge in [0.15, 0.2) is 18.2 Å². The van der Waals surface area contributed by atoms with E-state index in [9.17, 15) is 19.2 Å². The third-order valence-electron chi connectivity index (χ3n) is 11.2. The van der Waals surface area contributed by atoms with Gasteiger partial charge in [0.05, 0.1) is 35.2 Å². The molecule has 2 aliphatic heterocycles. The van der Waals surface area contributed by atoms with Crippen LogP contribution in [0.2, 0.25) is 5.02 Å². The highest BCUT2D eigenvalue weighted by molar-refractivity contribution is 6.33. The summed E-state index contributed by atoms with van der Waals surface area (Å²) in [6, 6.07) is 9.87. The predicted octanol–water partition coefficient (Wildman–Crippen LogP) is 3.76. The first kappa shape index (κ1) is 36.2. The fourth-order valence-corrected chi connectivity index (χ4v) is 8.47. The summed E-state index contributed by atoms with van der Waals surface area (Å²) < 4.78 is 8.67. The Kier molecular flexibility index (Phi) is 9.31. The van der Waals surface area contributed by atoms with Gasteiger partial charge in [-0.25, -0.2) is 9.97 Å². The van der Waals surface area contributed by atoms with Gasteiger partial charge in [0, 0.05) is 68.6 Å². The van der Waals surface area contributed by atoms with Crippen LogP contribution in [-0.4, -0.2) is 79.8 Å². The Bertz CT molecular complexity index is 2420. The highest BCUT2D eigenvalue weighted by Crippen LogP contribution is 2.48. The molecule has 286 valence electrons. The summed E-state index contributed by atoms with van der Waals surface area (Å²) in [7, 11) is 4.98. The van der Waals surface area contributed by atoms with Crippen LogP contribution in [0.3, 0.4) is 0 Å². The van der Waals surface area contributed by atoms with Crippen LogP contribution in [-0.2, 0) is 28.5 Å². The van der Waals surface area contributed by atoms with Crippen molar-refractivity contribution in [2.75, 3.05) is 42.3 Å². The monoisotopic (exact) mass is 767 g/mol. The van der Waals surface area contributed by atoms with Gasteiger partial charge in [-0.2, -0.15) is 10.1 Å². The van der Waals surface area contributed by atoms with Crippen LogP contribution < -0.4 is 36.5 Å². The summed E-state index contributed by atoms with van der Waals surface area (Å²) in [6.07, 6.45) is 7.13. The highest BCUT2D eigenvalue weighted by Gasteiger charge is 2.48. The number of benzene rings is 1. The molecule has 1 aromatic carbocycles. The third kappa shape index (κ3) is 6.90. The molecule has 17 heteroatoms. The van der Waals surface area contributed by atoms with Gasteiger partial charge in [0.1, 0.15) is 10.7 Å². The summed E-state index contributed by atoms with van der Waals surface area (Å²) in [5, 5.41) is 18.6. The lowest BCUT2D eigenvalue weighted by molar-refractivity contribution is -0.134. The molecule has 3 aliphatic rings. The molecule has 4 aromatic heterocycles. The molecule has 6 heterocycles. The van der Waals surface area contributed by atoms with Gasteiger partial charge >= 0.3 is 0 Å². The molecule has 55 heavy (non-hydrogen) atoms. The number of imide groups is 1. The van der Waals surface area contributed by atoms with Gasteiger partial charge in [-0.05, 0) is 61.9 Å². The van der Waals surface area contributed by atoms with Crippen molar-refractivity contribution in [3.05, 3.63) is 63.8 Å². The molecule has 4 N–H and O–H groups in total. The Balaban J connectivity index is 0.906. The van der Waals surface area contributed by atoms with Gasteiger partial charge < -0.3 is 25.6 Å². The number of hydrogen-bond acceptors (Lipinski definition) is 12. The van der Waals surface area contributed by atoms with Crippen molar-refractivity contribution in [2.24, 2.45) is 25.4 Å². The minimum Gasteiger partial charge on any atom is -0.478 e. The molecular formula is C38H42ClN11O5. The average molecular weight is 768 g/mol. The normalized spacial score (nSPS) is 20.7. The van der Waals surface area contributed by atoms with Crippen LogP contribution in [0.15, 0.2) is 47.5 Å². The minimum absolute atomic E-state index is 0.0408. The van der Waals surface area contributed by atoms with Gasteiger partial charge in [-0.3, -0.25) is 33.7 Å². The number of piperidine rings is 1. The highest BCUT2D eigenvalue weighted by atomic mass is 35.5. The van der Waals surface area contributed by atoms with Crippen molar-refractivity contribution < 1.29 is 19.1 Å². The molecule has 8 rings (SSSR count). The van der Waals surface area contributed by atoms with Gasteiger partial charge in [-0.15, -0.1) is 0 Å². The fraction of sp³-hybridized carbons (Fsp3) is 0.421. The number of aromatic nitrogens is 6. The van der Waals surface area contributed by atoms with E-state index in [-0.39, 0.29) is 35.5 Å². The summed E-state index contributed by atoms with van der Waals surface area (Å²) in [4.78, 5) is 64.7. The molecule has 2 saturated heterocycles. The van der Waals surface area contributed by atoms with Crippen molar-refractivity contribution in [3.63, 3.8) is 0 Å². The molecule has 0 radical (unpaired) electrons. The number of nitrogens with one attached hydrogen (secondary N) is 4. The van der Waals surface area contributed by atoms with E-state index in [0.717, 1.165) is 48.9 Å². The molecule has 1 saturated carbocycles. The van der Waals surface area contributed by atoms with E-state index in [4.69, 9.17) is 21.3 Å². The van der Waals surface area contributed by atoms with Crippen LogP contribution in [0, 0.1) is 11.3 Å². The number of hydrogen-bond donors (Lipinski definition) is 4. The molecule has 1 aliphatic carbocycles. The minimum atomic E-state index is -0.433. The largest absolute Gasteiger partial charge is 0.478 e. The number of likely N-dealkylation sites (N-methyl/N-ethyl adjacent to an activating group) is 1. The Hall–Kier alpha value is -5.77. The van der Waals surface area contributed by atoms with Crippen LogP contribution in [0.25, 0.3) is 21.9 Å². The molecule has 3 fully saturated rings. The number of aryl methyl sites for hydroxylation is 2. The molecular weight excluding hydrogens is 726 g/mol. The number of nitrogens with zero attached hydrogens (tertiary/aromatic N) is 7. The molecule has 0 unspecified atom stereocenters. The van der Waals surface area contributed by atoms with Crippen molar-refractivity contribution in [2.45, 2.75) is 51.0 Å². The number of carbonyl (C=O) groups is 3. The lowest BCUT2D eigenvalue weighted by Crippen LogP contribution is -2.60. The van der Waals surface area contributed by atoms with Crippen LogP contribution >= 0.6 is 11.6 Å². The average Bonchev–Trinajstić information content (AvgIpc) is 3.47. The zero-order valence-electron chi connectivity index (χ0n) is 31.0. The topological polar surface area (TPSA) is 190 Å². The molecule has 3 atom stereocenters. The Morgan fingerprint density at radius 1 is 1.07 bits per heavy atom. The summed E-state index contributed by atoms with van der Waals surface area (Å²) in [6.45, 7) is 3.72. The lowest BCUT2D eigenvalue weighted by Gasteiger charge is -2.55. The zero-order chi connectivity index (χ0) is 38.6. The summed E-state index contributed by atoms with van der Waals surface area (Å²) in [5.74, 6) is 0.195. The van der Waals surface area contributed by atoms with E-state index < -0.39 is 11.5 Å². The van der Waals surface area contributed by atoms with Gasteiger partial charge in [0.25, 0.3) is 11.5 Å². The first-order valence-corrected chi connectivity index (χ1v) is 18.7. The van der Waals surface area contributed by atoms with E-state index in [2.05, 4.69) is 60.3 Å². The molecule has 5 aromatic rings. The smallest absolute Gasteiger partial charge is 0.294 e. The molecule has 0 bridgehead atoms. The fourth-order valence-electron chi connectivity index (χ4n) is 8.33. The standard InChI is InChI=1S/C38H42ClN11O5/c1-20-14-38(10-9-27(20)43-22-5-6-24-28(13-22)49(4)47-32(24)25-7-8-30(51)45-35(25)53)18-50(19-38)37-42-16-26(39)33(46-37)44-23-11-21-12-29(55-17-31(52)40-2)36(54)48(3)34(21)41-15-23/h5-6,11-13,15-16,20,25,27,43H,7-10,14,17-19H2,1-4H3,(H,40,52)(H,42,44,46)(H,45,51,53)/t20-,25-,27+/m1/s1. The van der Waals surface area contributed by atoms with Crippen molar-refractivity contribution in [1.29, 1.82) is 0 Å². The van der Waals surface area contributed by atoms with Crippen molar-refractivity contribution in [3.8, 4) is 5.75 Å². The number of anilines is 4. The Morgan fingerprint density at radius 3 is 2.65 bits per heavy atom. The van der Waals surface area contributed by atoms with Crippen molar-refractivity contribution >= 4 is 74.4 Å².